The number of hydrogen-bond donors (Lipinski definition) is 1. The van der Waals surface area contributed by atoms with E-state index in [-0.39, 0.29) is 23.8 Å². The van der Waals surface area contributed by atoms with Crippen LogP contribution in [-0.4, -0.2) is 32.6 Å². The summed E-state index contributed by atoms with van der Waals surface area (Å²) in [6, 6.07) is 5.14. The van der Waals surface area contributed by atoms with Gasteiger partial charge in [-0.2, -0.15) is 18.2 Å². The standard InChI is InChI=1S/C17H14F3N5O3/c1-2-27-13-6-4-10(7-22-13)15-24-14(28-25-15)9-23-16(26)11-3-5-12(21-8-11)17(18,19)20/h3-8H,2,9H2,1H3,(H,23,26). The summed E-state index contributed by atoms with van der Waals surface area (Å²) in [6.07, 6.45) is -2.19. The predicted molar refractivity (Wildman–Crippen MR) is 89.1 cm³/mol. The van der Waals surface area contributed by atoms with Crippen LogP contribution in [-0.2, 0) is 12.7 Å². The van der Waals surface area contributed by atoms with Crippen LogP contribution >= 0.6 is 0 Å². The van der Waals surface area contributed by atoms with Gasteiger partial charge in [-0.1, -0.05) is 5.16 Å². The molecule has 3 aromatic heterocycles. The molecule has 0 aromatic carbocycles. The number of nitrogens with zero attached hydrogens (tertiary/aromatic N) is 4. The van der Waals surface area contributed by atoms with Crippen molar-refractivity contribution in [1.29, 1.82) is 0 Å². The van der Waals surface area contributed by atoms with E-state index in [1.54, 1.807) is 12.1 Å². The second kappa shape index (κ2) is 8.03. The van der Waals surface area contributed by atoms with Gasteiger partial charge >= 0.3 is 6.18 Å². The molecule has 3 heterocycles. The van der Waals surface area contributed by atoms with Crippen molar-refractivity contribution in [2.24, 2.45) is 0 Å². The molecule has 28 heavy (non-hydrogen) atoms. The number of carbonyl (C=O) groups is 1. The van der Waals surface area contributed by atoms with E-state index in [1.807, 2.05) is 6.92 Å². The van der Waals surface area contributed by atoms with Crippen LogP contribution in [0.4, 0.5) is 13.2 Å². The summed E-state index contributed by atoms with van der Waals surface area (Å²) in [5.74, 6) is 0.240. The van der Waals surface area contributed by atoms with Gasteiger partial charge in [-0.15, -0.1) is 0 Å². The van der Waals surface area contributed by atoms with E-state index in [1.165, 1.54) is 6.20 Å². The van der Waals surface area contributed by atoms with Gasteiger partial charge in [-0.05, 0) is 25.1 Å². The van der Waals surface area contributed by atoms with E-state index in [9.17, 15) is 18.0 Å². The zero-order chi connectivity index (χ0) is 20.1. The fraction of sp³-hybridized carbons (Fsp3) is 0.235. The Morgan fingerprint density at radius 1 is 1.18 bits per heavy atom. The van der Waals surface area contributed by atoms with Gasteiger partial charge in [0.15, 0.2) is 0 Å². The molecule has 0 saturated carbocycles. The average molecular weight is 393 g/mol. The lowest BCUT2D eigenvalue weighted by Gasteiger charge is -2.06. The summed E-state index contributed by atoms with van der Waals surface area (Å²) < 4.78 is 47.8. The normalized spacial score (nSPS) is 11.3. The first-order chi connectivity index (χ1) is 13.4. The minimum atomic E-state index is -4.56. The number of carbonyl (C=O) groups excluding carboxylic acids is 1. The molecule has 3 rings (SSSR count). The molecular formula is C17H14F3N5O3. The number of nitrogens with one attached hydrogen (secondary N) is 1. The molecule has 0 atom stereocenters. The number of pyridine rings is 2. The van der Waals surface area contributed by atoms with Crippen LogP contribution in [0.25, 0.3) is 11.4 Å². The van der Waals surface area contributed by atoms with Crippen molar-refractivity contribution in [3.8, 4) is 17.3 Å². The molecule has 3 aromatic rings. The summed E-state index contributed by atoms with van der Waals surface area (Å²) in [5, 5.41) is 6.27. The Morgan fingerprint density at radius 3 is 2.61 bits per heavy atom. The van der Waals surface area contributed by atoms with Gasteiger partial charge in [0.1, 0.15) is 5.69 Å². The zero-order valence-electron chi connectivity index (χ0n) is 14.5. The molecule has 8 nitrogen and oxygen atoms in total. The number of alkyl halides is 3. The highest BCUT2D eigenvalue weighted by Gasteiger charge is 2.32. The second-order valence-corrected chi connectivity index (χ2v) is 5.44. The summed E-state index contributed by atoms with van der Waals surface area (Å²) in [7, 11) is 0. The van der Waals surface area contributed by atoms with Crippen LogP contribution in [0.2, 0.25) is 0 Å². The molecule has 0 unspecified atom stereocenters. The minimum Gasteiger partial charge on any atom is -0.478 e. The van der Waals surface area contributed by atoms with Crippen molar-refractivity contribution in [1.82, 2.24) is 25.4 Å². The number of rotatable bonds is 6. The van der Waals surface area contributed by atoms with Crippen molar-refractivity contribution in [3.05, 3.63) is 53.8 Å². The Labute approximate surface area is 156 Å². The molecule has 0 bridgehead atoms. The van der Waals surface area contributed by atoms with Crippen molar-refractivity contribution >= 4 is 5.91 Å². The van der Waals surface area contributed by atoms with Crippen LogP contribution in [0.3, 0.4) is 0 Å². The number of ether oxygens (including phenoxy) is 1. The van der Waals surface area contributed by atoms with E-state index >= 15 is 0 Å². The molecule has 0 radical (unpaired) electrons. The van der Waals surface area contributed by atoms with Crippen LogP contribution in [0.1, 0.15) is 28.9 Å². The number of aromatic nitrogens is 4. The van der Waals surface area contributed by atoms with E-state index < -0.39 is 17.8 Å². The Hall–Kier alpha value is -3.50. The van der Waals surface area contributed by atoms with Crippen LogP contribution in [0.15, 0.2) is 41.2 Å². The number of hydrogen-bond acceptors (Lipinski definition) is 7. The van der Waals surface area contributed by atoms with Gasteiger partial charge in [-0.25, -0.2) is 4.98 Å². The van der Waals surface area contributed by atoms with Crippen molar-refractivity contribution in [3.63, 3.8) is 0 Å². The van der Waals surface area contributed by atoms with Crippen molar-refractivity contribution in [2.45, 2.75) is 19.6 Å². The Balaban J connectivity index is 1.60. The molecule has 0 aliphatic heterocycles. The Morgan fingerprint density at radius 2 is 2.00 bits per heavy atom. The topological polar surface area (TPSA) is 103 Å². The third-order valence-electron chi connectivity index (χ3n) is 3.47. The maximum absolute atomic E-state index is 12.5. The zero-order valence-corrected chi connectivity index (χ0v) is 14.5. The molecule has 1 amide bonds. The molecule has 0 fully saturated rings. The van der Waals surface area contributed by atoms with Crippen molar-refractivity contribution < 1.29 is 27.2 Å². The van der Waals surface area contributed by atoms with Crippen LogP contribution in [0.5, 0.6) is 5.88 Å². The van der Waals surface area contributed by atoms with E-state index in [4.69, 9.17) is 9.26 Å². The molecular weight excluding hydrogens is 379 g/mol. The van der Waals surface area contributed by atoms with E-state index in [0.717, 1.165) is 18.3 Å². The van der Waals surface area contributed by atoms with Gasteiger partial charge in [0, 0.05) is 24.0 Å². The molecule has 0 saturated heterocycles. The average Bonchev–Trinajstić information content (AvgIpc) is 3.15. The SMILES string of the molecule is CCOc1ccc(-c2noc(CNC(=O)c3ccc(C(F)(F)F)nc3)n2)cn1. The molecule has 146 valence electrons. The third kappa shape index (κ3) is 4.61. The highest BCUT2D eigenvalue weighted by molar-refractivity contribution is 5.93. The van der Waals surface area contributed by atoms with Crippen molar-refractivity contribution in [2.75, 3.05) is 6.61 Å². The van der Waals surface area contributed by atoms with E-state index in [2.05, 4.69) is 25.4 Å². The van der Waals surface area contributed by atoms with Gasteiger partial charge in [-0.3, -0.25) is 9.78 Å². The fourth-order valence-corrected chi connectivity index (χ4v) is 2.14. The van der Waals surface area contributed by atoms with Crippen LogP contribution in [0, 0.1) is 0 Å². The lowest BCUT2D eigenvalue weighted by molar-refractivity contribution is -0.141. The minimum absolute atomic E-state index is 0.0246. The Kier molecular flexibility index (Phi) is 5.52. The highest BCUT2D eigenvalue weighted by Crippen LogP contribution is 2.27. The first-order valence-electron chi connectivity index (χ1n) is 8.10. The fourth-order valence-electron chi connectivity index (χ4n) is 2.14. The largest absolute Gasteiger partial charge is 0.478 e. The first-order valence-corrected chi connectivity index (χ1v) is 8.10. The lowest BCUT2D eigenvalue weighted by Crippen LogP contribution is -2.23. The lowest BCUT2D eigenvalue weighted by atomic mass is 10.2. The van der Waals surface area contributed by atoms with Gasteiger partial charge in [0.2, 0.25) is 17.6 Å². The van der Waals surface area contributed by atoms with E-state index in [0.29, 0.717) is 18.1 Å². The quantitative estimate of drug-likeness (QED) is 0.687. The molecule has 11 heteroatoms. The first kappa shape index (κ1) is 19.3. The monoisotopic (exact) mass is 393 g/mol. The number of halogens is 3. The number of amides is 1. The summed E-state index contributed by atoms with van der Waals surface area (Å²) in [5.41, 5.74) is -0.505. The van der Waals surface area contributed by atoms with Gasteiger partial charge in [0.05, 0.1) is 18.7 Å². The maximum atomic E-state index is 12.5. The molecule has 0 aliphatic carbocycles. The summed E-state index contributed by atoms with van der Waals surface area (Å²) in [4.78, 5) is 23.5. The van der Waals surface area contributed by atoms with Crippen LogP contribution < -0.4 is 10.1 Å². The summed E-state index contributed by atoms with van der Waals surface area (Å²) in [6.45, 7) is 2.24. The predicted octanol–water partition coefficient (Wildman–Crippen LogP) is 2.87. The molecule has 0 aliphatic rings. The Bertz CT molecular complexity index is 940. The van der Waals surface area contributed by atoms with Gasteiger partial charge in [0.25, 0.3) is 5.91 Å². The highest BCUT2D eigenvalue weighted by atomic mass is 19.4. The molecule has 1 N–H and O–H groups in total. The second-order valence-electron chi connectivity index (χ2n) is 5.44. The smallest absolute Gasteiger partial charge is 0.433 e. The summed E-state index contributed by atoms with van der Waals surface area (Å²) >= 11 is 0. The maximum Gasteiger partial charge on any atom is 0.433 e. The van der Waals surface area contributed by atoms with Gasteiger partial charge < -0.3 is 14.6 Å². The third-order valence-corrected chi connectivity index (χ3v) is 3.47. The molecule has 0 spiro atoms.